The molecule has 2 aromatic rings. The Kier molecular flexibility index (Phi) is 3.57. The Hall–Kier alpha value is -1.22. The molecule has 0 radical (unpaired) electrons. The van der Waals surface area contributed by atoms with E-state index >= 15 is 0 Å². The van der Waals surface area contributed by atoms with Gasteiger partial charge in [-0.25, -0.2) is 8.78 Å². The van der Waals surface area contributed by atoms with E-state index in [1.54, 1.807) is 12.1 Å². The Balaban J connectivity index is 2.36. The van der Waals surface area contributed by atoms with Crippen LogP contribution in [0.4, 0.5) is 8.78 Å². The molecule has 0 nitrogen and oxygen atoms in total. The van der Waals surface area contributed by atoms with Gasteiger partial charge in [0.05, 0.1) is 4.83 Å². The van der Waals surface area contributed by atoms with Crippen molar-refractivity contribution in [1.29, 1.82) is 0 Å². The van der Waals surface area contributed by atoms with Crippen LogP contribution in [0.25, 0.3) is 0 Å². The number of aryl methyl sites for hydroxylation is 1. The number of benzene rings is 2. The van der Waals surface area contributed by atoms with Crippen LogP contribution < -0.4 is 0 Å². The summed E-state index contributed by atoms with van der Waals surface area (Å²) in [6, 6.07) is 11.0. The lowest BCUT2D eigenvalue weighted by Crippen LogP contribution is -1.95. The second-order valence-electron chi connectivity index (χ2n) is 3.98. The molecule has 0 amide bonds. The lowest BCUT2D eigenvalue weighted by atomic mass is 10.0. The van der Waals surface area contributed by atoms with Crippen molar-refractivity contribution >= 4 is 15.9 Å². The first-order chi connectivity index (χ1) is 8.06. The smallest absolute Gasteiger partial charge is 0.123 e. The maximum absolute atomic E-state index is 13.3. The summed E-state index contributed by atoms with van der Waals surface area (Å²) >= 11 is 3.50. The third kappa shape index (κ3) is 2.91. The van der Waals surface area contributed by atoms with Gasteiger partial charge in [0, 0.05) is 0 Å². The fraction of sp³-hybridized carbons (Fsp3) is 0.143. The van der Waals surface area contributed by atoms with Gasteiger partial charge in [-0.1, -0.05) is 34.1 Å². The number of rotatable bonds is 2. The summed E-state index contributed by atoms with van der Waals surface area (Å²) < 4.78 is 26.1. The monoisotopic (exact) mass is 296 g/mol. The van der Waals surface area contributed by atoms with Crippen LogP contribution in [-0.4, -0.2) is 0 Å². The first-order valence-corrected chi connectivity index (χ1v) is 6.14. The third-order valence-corrected chi connectivity index (χ3v) is 3.58. The highest BCUT2D eigenvalue weighted by Gasteiger charge is 2.11. The molecule has 0 heterocycles. The van der Waals surface area contributed by atoms with Crippen LogP contribution in [0.1, 0.15) is 21.5 Å². The maximum Gasteiger partial charge on any atom is 0.123 e. The van der Waals surface area contributed by atoms with Crippen molar-refractivity contribution in [3.63, 3.8) is 0 Å². The summed E-state index contributed by atoms with van der Waals surface area (Å²) in [7, 11) is 0. The highest BCUT2D eigenvalue weighted by Crippen LogP contribution is 2.31. The minimum Gasteiger partial charge on any atom is -0.207 e. The molecule has 88 valence electrons. The molecule has 17 heavy (non-hydrogen) atoms. The highest BCUT2D eigenvalue weighted by molar-refractivity contribution is 9.09. The zero-order valence-corrected chi connectivity index (χ0v) is 10.8. The molecule has 0 aromatic heterocycles. The molecule has 0 saturated heterocycles. The Bertz CT molecular complexity index is 500. The zero-order chi connectivity index (χ0) is 12.4. The molecule has 0 saturated carbocycles. The van der Waals surface area contributed by atoms with Gasteiger partial charge in [-0.3, -0.25) is 0 Å². The second kappa shape index (κ2) is 4.96. The van der Waals surface area contributed by atoms with Crippen molar-refractivity contribution in [2.45, 2.75) is 11.8 Å². The second-order valence-corrected chi connectivity index (χ2v) is 4.89. The van der Waals surface area contributed by atoms with Crippen LogP contribution in [0, 0.1) is 18.6 Å². The Morgan fingerprint density at radius 3 is 2.12 bits per heavy atom. The molecular weight excluding hydrogens is 286 g/mol. The Labute approximate surface area is 107 Å². The van der Waals surface area contributed by atoms with Gasteiger partial charge in [0.1, 0.15) is 11.6 Å². The third-order valence-electron chi connectivity index (χ3n) is 2.52. The molecule has 0 bridgehead atoms. The molecular formula is C14H11BrF2. The van der Waals surface area contributed by atoms with Crippen molar-refractivity contribution < 1.29 is 8.78 Å². The SMILES string of the molecule is Cc1cc(F)cc(C(Br)c2ccc(F)cc2)c1. The molecule has 0 spiro atoms. The largest absolute Gasteiger partial charge is 0.207 e. The maximum atomic E-state index is 13.3. The fourth-order valence-electron chi connectivity index (χ4n) is 1.74. The van der Waals surface area contributed by atoms with E-state index in [1.165, 1.54) is 24.3 Å². The predicted molar refractivity (Wildman–Crippen MR) is 68.3 cm³/mol. The minimum atomic E-state index is -0.274. The average molecular weight is 297 g/mol. The number of hydrogen-bond donors (Lipinski definition) is 0. The Morgan fingerprint density at radius 1 is 0.882 bits per heavy atom. The van der Waals surface area contributed by atoms with Gasteiger partial charge < -0.3 is 0 Å². The molecule has 0 aliphatic rings. The number of alkyl halides is 1. The summed E-state index contributed by atoms with van der Waals surface area (Å²) in [5, 5.41) is 0. The molecule has 0 N–H and O–H groups in total. The van der Waals surface area contributed by atoms with E-state index < -0.39 is 0 Å². The van der Waals surface area contributed by atoms with E-state index in [0.717, 1.165) is 16.7 Å². The highest BCUT2D eigenvalue weighted by atomic mass is 79.9. The van der Waals surface area contributed by atoms with Crippen LogP contribution in [-0.2, 0) is 0 Å². The van der Waals surface area contributed by atoms with Crippen molar-refractivity contribution in [3.8, 4) is 0 Å². The van der Waals surface area contributed by atoms with Crippen LogP contribution in [0.5, 0.6) is 0 Å². The van der Waals surface area contributed by atoms with Crippen molar-refractivity contribution in [1.82, 2.24) is 0 Å². The molecule has 1 unspecified atom stereocenters. The predicted octanol–water partition coefficient (Wildman–Crippen LogP) is 4.76. The lowest BCUT2D eigenvalue weighted by molar-refractivity contribution is 0.623. The Morgan fingerprint density at radius 2 is 1.53 bits per heavy atom. The standard InChI is InChI=1S/C14H11BrF2/c1-9-6-11(8-13(17)7-9)14(15)10-2-4-12(16)5-3-10/h2-8,14H,1H3. The summed E-state index contributed by atoms with van der Waals surface area (Å²) in [5.74, 6) is -0.532. The first-order valence-electron chi connectivity index (χ1n) is 5.23. The molecule has 0 fully saturated rings. The van der Waals surface area contributed by atoms with Crippen molar-refractivity contribution in [3.05, 3.63) is 70.8 Å². The fourth-order valence-corrected chi connectivity index (χ4v) is 2.30. The van der Waals surface area contributed by atoms with E-state index in [4.69, 9.17) is 0 Å². The topological polar surface area (TPSA) is 0 Å². The lowest BCUT2D eigenvalue weighted by Gasteiger charge is -2.11. The van der Waals surface area contributed by atoms with Crippen LogP contribution >= 0.6 is 15.9 Å². The normalized spacial score (nSPS) is 12.5. The van der Waals surface area contributed by atoms with Crippen LogP contribution in [0.3, 0.4) is 0 Å². The molecule has 2 aromatic carbocycles. The molecule has 1 atom stereocenters. The summed E-state index contributed by atoms with van der Waals surface area (Å²) in [6.07, 6.45) is 0. The van der Waals surface area contributed by atoms with E-state index in [0.29, 0.717) is 0 Å². The quantitative estimate of drug-likeness (QED) is 0.701. The average Bonchev–Trinajstić information content (AvgIpc) is 2.28. The van der Waals surface area contributed by atoms with Gasteiger partial charge in [0.2, 0.25) is 0 Å². The van der Waals surface area contributed by atoms with Gasteiger partial charge in [-0.05, 0) is 47.9 Å². The summed E-state index contributed by atoms with van der Waals surface area (Å²) in [5.41, 5.74) is 2.59. The molecule has 2 rings (SSSR count). The minimum absolute atomic E-state index is 0.127. The molecule has 3 heteroatoms. The number of halogens is 3. The van der Waals surface area contributed by atoms with Crippen LogP contribution in [0.15, 0.2) is 42.5 Å². The van der Waals surface area contributed by atoms with Gasteiger partial charge >= 0.3 is 0 Å². The molecule has 0 aliphatic carbocycles. The van der Waals surface area contributed by atoms with Crippen molar-refractivity contribution in [2.24, 2.45) is 0 Å². The zero-order valence-electron chi connectivity index (χ0n) is 9.25. The summed E-state index contributed by atoms with van der Waals surface area (Å²) in [6.45, 7) is 1.84. The van der Waals surface area contributed by atoms with Crippen LogP contribution in [0.2, 0.25) is 0 Å². The van der Waals surface area contributed by atoms with E-state index in [9.17, 15) is 8.78 Å². The van der Waals surface area contributed by atoms with Gasteiger partial charge in [0.25, 0.3) is 0 Å². The van der Waals surface area contributed by atoms with E-state index in [-0.39, 0.29) is 16.5 Å². The van der Waals surface area contributed by atoms with Gasteiger partial charge in [0.15, 0.2) is 0 Å². The summed E-state index contributed by atoms with van der Waals surface area (Å²) in [4.78, 5) is -0.127. The molecule has 0 aliphatic heterocycles. The van der Waals surface area contributed by atoms with Crippen molar-refractivity contribution in [2.75, 3.05) is 0 Å². The van der Waals surface area contributed by atoms with Gasteiger partial charge in [-0.2, -0.15) is 0 Å². The van der Waals surface area contributed by atoms with Gasteiger partial charge in [-0.15, -0.1) is 0 Å². The van der Waals surface area contributed by atoms with E-state index in [1.807, 2.05) is 13.0 Å². The van der Waals surface area contributed by atoms with E-state index in [2.05, 4.69) is 15.9 Å². The first kappa shape index (κ1) is 12.2. The number of hydrogen-bond acceptors (Lipinski definition) is 0.